The van der Waals surface area contributed by atoms with Crippen molar-refractivity contribution >= 4 is 17.6 Å². The molecule has 1 rings (SSSR count). The third kappa shape index (κ3) is 3.17. The number of halogens is 3. The van der Waals surface area contributed by atoms with Gasteiger partial charge in [-0.25, -0.2) is 8.78 Å². The second kappa shape index (κ2) is 5.80. The van der Waals surface area contributed by atoms with Gasteiger partial charge in [-0.05, 0) is 18.9 Å². The van der Waals surface area contributed by atoms with E-state index in [-0.39, 0.29) is 12.0 Å². The summed E-state index contributed by atoms with van der Waals surface area (Å²) in [5.41, 5.74) is -0.000910. The van der Waals surface area contributed by atoms with E-state index in [9.17, 15) is 13.6 Å². The summed E-state index contributed by atoms with van der Waals surface area (Å²) in [6, 6.07) is 2.90. The number of rotatable bonds is 5. The Morgan fingerprint density at radius 2 is 2.12 bits per heavy atom. The maximum absolute atomic E-state index is 13.4. The molecule has 1 aromatic rings. The zero-order chi connectivity index (χ0) is 12.1. The minimum atomic E-state index is -1.13. The van der Waals surface area contributed by atoms with Crippen molar-refractivity contribution in [2.24, 2.45) is 0 Å². The lowest BCUT2D eigenvalue weighted by Gasteiger charge is -2.12. The number of alkyl halides is 1. The molecule has 0 fully saturated rings. The molecule has 1 aromatic carbocycles. The first-order valence-corrected chi connectivity index (χ1v) is 5.33. The molecule has 0 aromatic heterocycles. The van der Waals surface area contributed by atoms with Gasteiger partial charge in [-0.1, -0.05) is 6.07 Å². The summed E-state index contributed by atoms with van der Waals surface area (Å²) >= 11 is 5.46. The van der Waals surface area contributed by atoms with E-state index >= 15 is 0 Å². The second-order valence-electron chi connectivity index (χ2n) is 3.39. The first kappa shape index (κ1) is 12.9. The molecular formula is C11H11ClF2O2. The maximum Gasteiger partial charge on any atom is 0.311 e. The average molecular weight is 249 g/mol. The van der Waals surface area contributed by atoms with E-state index in [1.807, 2.05) is 0 Å². The first-order chi connectivity index (χ1) is 7.56. The number of carbonyl (C=O) groups is 1. The minimum absolute atomic E-state index is 0.000910. The smallest absolute Gasteiger partial charge is 0.311 e. The molecule has 0 spiro atoms. The Hall–Kier alpha value is -1.16. The van der Waals surface area contributed by atoms with E-state index in [0.29, 0.717) is 18.4 Å². The van der Waals surface area contributed by atoms with Crippen molar-refractivity contribution in [1.82, 2.24) is 0 Å². The van der Waals surface area contributed by atoms with Crippen LogP contribution in [0.25, 0.3) is 0 Å². The van der Waals surface area contributed by atoms with Gasteiger partial charge in [-0.2, -0.15) is 0 Å². The van der Waals surface area contributed by atoms with E-state index in [1.54, 1.807) is 0 Å². The van der Waals surface area contributed by atoms with E-state index in [2.05, 4.69) is 0 Å². The van der Waals surface area contributed by atoms with Crippen molar-refractivity contribution in [2.45, 2.75) is 18.8 Å². The van der Waals surface area contributed by atoms with Crippen LogP contribution in [0.15, 0.2) is 18.2 Å². The molecule has 5 heteroatoms. The van der Waals surface area contributed by atoms with Crippen LogP contribution in [0.5, 0.6) is 0 Å². The van der Waals surface area contributed by atoms with Crippen molar-refractivity contribution in [3.8, 4) is 0 Å². The summed E-state index contributed by atoms with van der Waals surface area (Å²) in [4.78, 5) is 10.9. The third-order valence-corrected chi connectivity index (χ3v) is 2.53. The maximum atomic E-state index is 13.4. The Bertz CT molecular complexity index is 382. The van der Waals surface area contributed by atoms with Gasteiger partial charge in [0.05, 0.1) is 5.92 Å². The minimum Gasteiger partial charge on any atom is -0.481 e. The number of benzene rings is 1. The standard InChI is InChI=1S/C11H11ClF2O2/c12-5-1-2-9(11(15)16)8-4-3-7(13)6-10(8)14/h3-4,6,9H,1-2,5H2,(H,15,16). The third-order valence-electron chi connectivity index (χ3n) is 2.26. The van der Waals surface area contributed by atoms with Gasteiger partial charge in [0.15, 0.2) is 0 Å². The van der Waals surface area contributed by atoms with Crippen LogP contribution in [0.4, 0.5) is 8.78 Å². The quantitative estimate of drug-likeness (QED) is 0.813. The number of carboxylic acids is 1. The lowest BCUT2D eigenvalue weighted by Crippen LogP contribution is -2.13. The highest BCUT2D eigenvalue weighted by atomic mass is 35.5. The number of carboxylic acid groups (broad SMARTS) is 1. The molecule has 0 heterocycles. The van der Waals surface area contributed by atoms with Crippen LogP contribution in [0.3, 0.4) is 0 Å². The zero-order valence-corrected chi connectivity index (χ0v) is 9.18. The largest absolute Gasteiger partial charge is 0.481 e. The van der Waals surface area contributed by atoms with E-state index in [1.165, 1.54) is 0 Å². The summed E-state index contributed by atoms with van der Waals surface area (Å²) in [6.45, 7) is 0. The Kier molecular flexibility index (Phi) is 4.68. The number of aliphatic carboxylic acids is 1. The molecule has 0 aliphatic heterocycles. The highest BCUT2D eigenvalue weighted by molar-refractivity contribution is 6.17. The van der Waals surface area contributed by atoms with Gasteiger partial charge >= 0.3 is 5.97 Å². The van der Waals surface area contributed by atoms with Crippen molar-refractivity contribution < 1.29 is 18.7 Å². The molecule has 0 aliphatic carbocycles. The van der Waals surface area contributed by atoms with Crippen molar-refractivity contribution in [1.29, 1.82) is 0 Å². The van der Waals surface area contributed by atoms with Gasteiger partial charge in [0.2, 0.25) is 0 Å². The molecule has 16 heavy (non-hydrogen) atoms. The normalized spacial score (nSPS) is 12.4. The molecule has 1 N–H and O–H groups in total. The van der Waals surface area contributed by atoms with Gasteiger partial charge in [-0.15, -0.1) is 11.6 Å². The van der Waals surface area contributed by atoms with Crippen LogP contribution in [0, 0.1) is 11.6 Å². The molecule has 0 bridgehead atoms. The molecule has 88 valence electrons. The van der Waals surface area contributed by atoms with Crippen LogP contribution in [0.1, 0.15) is 24.3 Å². The van der Waals surface area contributed by atoms with Crippen LogP contribution in [-0.2, 0) is 4.79 Å². The molecule has 1 unspecified atom stereocenters. The van der Waals surface area contributed by atoms with Crippen molar-refractivity contribution in [3.63, 3.8) is 0 Å². The van der Waals surface area contributed by atoms with Crippen LogP contribution in [-0.4, -0.2) is 17.0 Å². The van der Waals surface area contributed by atoms with Gasteiger partial charge in [0.25, 0.3) is 0 Å². The van der Waals surface area contributed by atoms with Gasteiger partial charge in [-0.3, -0.25) is 4.79 Å². The Morgan fingerprint density at radius 1 is 1.44 bits per heavy atom. The molecule has 0 saturated carbocycles. The predicted octanol–water partition coefficient (Wildman–Crippen LogP) is 3.15. The van der Waals surface area contributed by atoms with Crippen LogP contribution >= 0.6 is 11.6 Å². The fraction of sp³-hybridized carbons (Fsp3) is 0.364. The van der Waals surface area contributed by atoms with E-state index in [4.69, 9.17) is 16.7 Å². The molecule has 0 aliphatic rings. The second-order valence-corrected chi connectivity index (χ2v) is 3.77. The van der Waals surface area contributed by atoms with Crippen molar-refractivity contribution in [3.05, 3.63) is 35.4 Å². The molecule has 0 radical (unpaired) electrons. The fourth-order valence-electron chi connectivity index (χ4n) is 1.48. The molecule has 0 amide bonds. The molecule has 0 saturated heterocycles. The lowest BCUT2D eigenvalue weighted by atomic mass is 9.94. The summed E-state index contributed by atoms with van der Waals surface area (Å²) in [5.74, 6) is -3.34. The number of hydrogen-bond donors (Lipinski definition) is 1. The van der Waals surface area contributed by atoms with E-state index < -0.39 is 23.5 Å². The highest BCUT2D eigenvalue weighted by Crippen LogP contribution is 2.25. The van der Waals surface area contributed by atoms with Gasteiger partial charge in [0.1, 0.15) is 11.6 Å². The first-order valence-electron chi connectivity index (χ1n) is 4.80. The summed E-state index contributed by atoms with van der Waals surface area (Å²) in [7, 11) is 0. The Labute approximate surface area is 96.8 Å². The Morgan fingerprint density at radius 3 is 2.62 bits per heavy atom. The molecular weight excluding hydrogens is 238 g/mol. The zero-order valence-electron chi connectivity index (χ0n) is 8.42. The monoisotopic (exact) mass is 248 g/mol. The summed E-state index contributed by atoms with van der Waals surface area (Å²) in [5, 5.41) is 8.94. The summed E-state index contributed by atoms with van der Waals surface area (Å²) < 4.78 is 26.0. The van der Waals surface area contributed by atoms with Crippen molar-refractivity contribution in [2.75, 3.05) is 5.88 Å². The summed E-state index contributed by atoms with van der Waals surface area (Å²) in [6.07, 6.45) is 0.705. The molecule has 2 nitrogen and oxygen atoms in total. The van der Waals surface area contributed by atoms with E-state index in [0.717, 1.165) is 12.1 Å². The SMILES string of the molecule is O=C(O)C(CCCCl)c1ccc(F)cc1F. The van der Waals surface area contributed by atoms with Gasteiger partial charge < -0.3 is 5.11 Å². The topological polar surface area (TPSA) is 37.3 Å². The average Bonchev–Trinajstić information content (AvgIpc) is 2.20. The number of hydrogen-bond acceptors (Lipinski definition) is 1. The van der Waals surface area contributed by atoms with Gasteiger partial charge in [0, 0.05) is 17.5 Å². The lowest BCUT2D eigenvalue weighted by molar-refractivity contribution is -0.139. The Balaban J connectivity index is 2.96. The predicted molar refractivity (Wildman–Crippen MR) is 56.7 cm³/mol. The van der Waals surface area contributed by atoms with Crippen LogP contribution < -0.4 is 0 Å². The van der Waals surface area contributed by atoms with Crippen LogP contribution in [0.2, 0.25) is 0 Å². The molecule has 1 atom stereocenters. The highest BCUT2D eigenvalue weighted by Gasteiger charge is 2.22. The fourth-order valence-corrected chi connectivity index (χ4v) is 1.63.